The fourth-order valence-electron chi connectivity index (χ4n) is 2.97. The molecule has 0 radical (unpaired) electrons. The molecule has 4 heteroatoms. The summed E-state index contributed by atoms with van der Waals surface area (Å²) in [6, 6.07) is 0. The molecule has 1 unspecified atom stereocenters. The molecule has 0 aromatic carbocycles. The zero-order valence-electron chi connectivity index (χ0n) is 12.9. The second-order valence-electron chi connectivity index (χ2n) is 5.84. The van der Waals surface area contributed by atoms with Gasteiger partial charge in [0, 0.05) is 32.2 Å². The normalized spacial score (nSPS) is 18.6. The first-order valence-electron chi connectivity index (χ1n) is 7.70. The van der Waals surface area contributed by atoms with E-state index in [1.165, 1.54) is 24.1 Å². The molecule has 1 aliphatic rings. The summed E-state index contributed by atoms with van der Waals surface area (Å²) < 4.78 is 7.47. The van der Waals surface area contributed by atoms with Gasteiger partial charge < -0.3 is 4.74 Å². The molecular weight excluding hydrogens is 252 g/mol. The van der Waals surface area contributed by atoms with Gasteiger partial charge in [0.25, 0.3) is 0 Å². The summed E-state index contributed by atoms with van der Waals surface area (Å²) in [6.45, 7) is 4.99. The van der Waals surface area contributed by atoms with E-state index in [0.717, 1.165) is 31.6 Å². The van der Waals surface area contributed by atoms with Crippen LogP contribution in [0.25, 0.3) is 0 Å². The lowest BCUT2D eigenvalue weighted by atomic mass is 10.0. The van der Waals surface area contributed by atoms with Crippen molar-refractivity contribution in [2.45, 2.75) is 64.9 Å². The molecule has 2 rings (SSSR count). The van der Waals surface area contributed by atoms with Crippen molar-refractivity contribution in [3.05, 3.63) is 17.0 Å². The van der Waals surface area contributed by atoms with Crippen molar-refractivity contribution in [1.29, 1.82) is 0 Å². The highest BCUT2D eigenvalue weighted by molar-refractivity contribution is 5.78. The maximum absolute atomic E-state index is 12.0. The molecule has 0 spiro atoms. The van der Waals surface area contributed by atoms with E-state index in [-0.39, 0.29) is 0 Å². The molecule has 1 aliphatic heterocycles. The number of carbonyl (C=O) groups excluding carboxylic acids is 1. The average molecular weight is 278 g/mol. The lowest BCUT2D eigenvalue weighted by Crippen LogP contribution is -2.07. The summed E-state index contributed by atoms with van der Waals surface area (Å²) in [6.07, 6.45) is 6.91. The predicted molar refractivity (Wildman–Crippen MR) is 78.8 cm³/mol. The van der Waals surface area contributed by atoms with E-state index in [1.807, 2.05) is 18.7 Å². The van der Waals surface area contributed by atoms with Gasteiger partial charge >= 0.3 is 0 Å². The molecule has 0 saturated carbocycles. The van der Waals surface area contributed by atoms with Gasteiger partial charge in [-0.15, -0.1) is 0 Å². The van der Waals surface area contributed by atoms with E-state index in [1.54, 1.807) is 0 Å². The van der Waals surface area contributed by atoms with Crippen molar-refractivity contribution < 1.29 is 9.53 Å². The Bertz CT molecular complexity index is 459. The van der Waals surface area contributed by atoms with Crippen LogP contribution in [0.2, 0.25) is 0 Å². The standard InChI is InChI=1S/C16H26N2O2/c1-12-16(13(2)18(3)17-12)10-9-14(19)6-4-7-15-8-5-11-20-15/h15H,4-11H2,1-3H3. The van der Waals surface area contributed by atoms with Crippen LogP contribution in [-0.4, -0.2) is 28.3 Å². The van der Waals surface area contributed by atoms with Gasteiger partial charge in [-0.2, -0.15) is 5.10 Å². The highest BCUT2D eigenvalue weighted by Gasteiger charge is 2.16. The highest BCUT2D eigenvalue weighted by atomic mass is 16.5. The largest absolute Gasteiger partial charge is 0.378 e. The SMILES string of the molecule is Cc1nn(C)c(C)c1CCC(=O)CCCC1CCCO1. The Labute approximate surface area is 121 Å². The Hall–Kier alpha value is -1.16. The van der Waals surface area contributed by atoms with E-state index in [4.69, 9.17) is 4.74 Å². The van der Waals surface area contributed by atoms with E-state index in [2.05, 4.69) is 12.0 Å². The zero-order chi connectivity index (χ0) is 14.5. The molecule has 20 heavy (non-hydrogen) atoms. The van der Waals surface area contributed by atoms with E-state index >= 15 is 0 Å². The minimum absolute atomic E-state index is 0.366. The predicted octanol–water partition coefficient (Wildman–Crippen LogP) is 2.89. The number of hydrogen-bond acceptors (Lipinski definition) is 3. The number of ketones is 1. The quantitative estimate of drug-likeness (QED) is 0.770. The average Bonchev–Trinajstić information content (AvgIpc) is 2.98. The topological polar surface area (TPSA) is 44.1 Å². The lowest BCUT2D eigenvalue weighted by molar-refractivity contribution is -0.119. The van der Waals surface area contributed by atoms with Crippen molar-refractivity contribution >= 4 is 5.78 Å². The molecular formula is C16H26N2O2. The third-order valence-corrected chi connectivity index (χ3v) is 4.32. The Morgan fingerprint density at radius 1 is 1.40 bits per heavy atom. The Morgan fingerprint density at radius 2 is 2.20 bits per heavy atom. The summed E-state index contributed by atoms with van der Waals surface area (Å²) in [5, 5.41) is 4.39. The summed E-state index contributed by atoms with van der Waals surface area (Å²) in [7, 11) is 1.95. The Kier molecular flexibility index (Phi) is 5.35. The lowest BCUT2D eigenvalue weighted by Gasteiger charge is -2.08. The molecule has 1 aromatic heterocycles. The van der Waals surface area contributed by atoms with E-state index in [9.17, 15) is 4.79 Å². The molecule has 2 heterocycles. The van der Waals surface area contributed by atoms with Crippen LogP contribution in [0.3, 0.4) is 0 Å². The molecule has 1 saturated heterocycles. The first kappa shape index (κ1) is 15.2. The maximum atomic E-state index is 12.0. The molecule has 0 N–H and O–H groups in total. The van der Waals surface area contributed by atoms with Gasteiger partial charge in [-0.1, -0.05) is 0 Å². The fourth-order valence-corrected chi connectivity index (χ4v) is 2.97. The first-order valence-corrected chi connectivity index (χ1v) is 7.70. The number of Topliss-reactive ketones (excluding diaryl/α,β-unsaturated/α-hetero) is 1. The van der Waals surface area contributed by atoms with Crippen LogP contribution < -0.4 is 0 Å². The van der Waals surface area contributed by atoms with Gasteiger partial charge in [0.15, 0.2) is 0 Å². The van der Waals surface area contributed by atoms with Crippen LogP contribution in [-0.2, 0) is 23.0 Å². The van der Waals surface area contributed by atoms with Crippen LogP contribution in [0.1, 0.15) is 55.5 Å². The second kappa shape index (κ2) is 7.02. The molecule has 4 nitrogen and oxygen atoms in total. The van der Waals surface area contributed by atoms with Crippen molar-refractivity contribution in [2.75, 3.05) is 6.61 Å². The summed E-state index contributed by atoms with van der Waals surface area (Å²) in [5.41, 5.74) is 3.46. The summed E-state index contributed by atoms with van der Waals surface area (Å²) in [5.74, 6) is 0.366. The minimum Gasteiger partial charge on any atom is -0.378 e. The molecule has 1 aromatic rings. The summed E-state index contributed by atoms with van der Waals surface area (Å²) in [4.78, 5) is 12.0. The number of aromatic nitrogens is 2. The maximum Gasteiger partial charge on any atom is 0.133 e. The van der Waals surface area contributed by atoms with Gasteiger partial charge in [-0.25, -0.2) is 0 Å². The van der Waals surface area contributed by atoms with Crippen LogP contribution in [0.4, 0.5) is 0 Å². The molecule has 112 valence electrons. The van der Waals surface area contributed by atoms with Crippen LogP contribution in [0, 0.1) is 13.8 Å². The minimum atomic E-state index is 0.366. The van der Waals surface area contributed by atoms with Crippen molar-refractivity contribution in [3.8, 4) is 0 Å². The van der Waals surface area contributed by atoms with E-state index < -0.39 is 0 Å². The third kappa shape index (κ3) is 3.92. The van der Waals surface area contributed by atoms with Gasteiger partial charge in [0.05, 0.1) is 11.8 Å². The van der Waals surface area contributed by atoms with Crippen LogP contribution in [0.5, 0.6) is 0 Å². The third-order valence-electron chi connectivity index (χ3n) is 4.32. The summed E-state index contributed by atoms with van der Waals surface area (Å²) >= 11 is 0. The first-order chi connectivity index (χ1) is 9.58. The zero-order valence-corrected chi connectivity index (χ0v) is 12.9. The number of hydrogen-bond donors (Lipinski definition) is 0. The monoisotopic (exact) mass is 278 g/mol. The molecule has 0 aliphatic carbocycles. The van der Waals surface area contributed by atoms with Gasteiger partial charge in [-0.3, -0.25) is 9.48 Å². The van der Waals surface area contributed by atoms with Crippen LogP contribution >= 0.6 is 0 Å². The number of rotatable bonds is 7. The fraction of sp³-hybridized carbons (Fsp3) is 0.750. The number of carbonyl (C=O) groups is 1. The van der Waals surface area contributed by atoms with Gasteiger partial charge in [-0.05, 0) is 51.5 Å². The Morgan fingerprint density at radius 3 is 2.80 bits per heavy atom. The van der Waals surface area contributed by atoms with E-state index in [0.29, 0.717) is 24.7 Å². The van der Waals surface area contributed by atoms with Crippen molar-refractivity contribution in [3.63, 3.8) is 0 Å². The molecule has 1 atom stereocenters. The number of ether oxygens (including phenoxy) is 1. The highest BCUT2D eigenvalue weighted by Crippen LogP contribution is 2.19. The Balaban J connectivity index is 1.69. The molecule has 1 fully saturated rings. The second-order valence-corrected chi connectivity index (χ2v) is 5.84. The smallest absolute Gasteiger partial charge is 0.133 e. The van der Waals surface area contributed by atoms with Crippen LogP contribution in [0.15, 0.2) is 0 Å². The van der Waals surface area contributed by atoms with Crippen molar-refractivity contribution in [2.24, 2.45) is 7.05 Å². The number of nitrogens with zero attached hydrogens (tertiary/aromatic N) is 2. The number of aryl methyl sites for hydroxylation is 2. The molecule has 0 amide bonds. The van der Waals surface area contributed by atoms with Crippen molar-refractivity contribution in [1.82, 2.24) is 9.78 Å². The van der Waals surface area contributed by atoms with Gasteiger partial charge in [0.2, 0.25) is 0 Å². The molecule has 0 bridgehead atoms. The van der Waals surface area contributed by atoms with Gasteiger partial charge in [0.1, 0.15) is 5.78 Å².